The summed E-state index contributed by atoms with van der Waals surface area (Å²) < 4.78 is 50.1. The highest BCUT2D eigenvalue weighted by molar-refractivity contribution is 5.32. The van der Waals surface area contributed by atoms with E-state index in [9.17, 15) is 17.6 Å². The Balaban J connectivity index is 3.31. The minimum Gasteiger partial charge on any atom is -0.205 e. The van der Waals surface area contributed by atoms with Gasteiger partial charge >= 0.3 is 0 Å². The van der Waals surface area contributed by atoms with Crippen LogP contribution in [0.15, 0.2) is 12.1 Å². The van der Waals surface area contributed by atoms with Crippen LogP contribution in [0.3, 0.4) is 0 Å². The van der Waals surface area contributed by atoms with Gasteiger partial charge in [-0.1, -0.05) is 0 Å². The van der Waals surface area contributed by atoms with Crippen molar-refractivity contribution in [1.29, 1.82) is 5.26 Å². The molecule has 0 heterocycles. The first-order valence-electron chi connectivity index (χ1n) is 3.69. The molecule has 0 fully saturated rings. The third-order valence-corrected chi connectivity index (χ3v) is 1.72. The van der Waals surface area contributed by atoms with E-state index in [2.05, 4.69) is 0 Å². The molecule has 1 nitrogen and oxygen atoms in total. The predicted molar refractivity (Wildman–Crippen MR) is 40.6 cm³/mol. The standard InChI is InChI=1S/C9H5F4N/c10-7-2-1-6(9(12)13)5(3-4-14)8(7)11/h1-2,9H,3H2. The lowest BCUT2D eigenvalue weighted by Crippen LogP contribution is -2.00. The van der Waals surface area contributed by atoms with Crippen LogP contribution in [0, 0.1) is 23.0 Å². The van der Waals surface area contributed by atoms with E-state index in [1.807, 2.05) is 0 Å². The number of nitriles is 1. The van der Waals surface area contributed by atoms with E-state index < -0.39 is 35.6 Å². The third-order valence-electron chi connectivity index (χ3n) is 1.72. The molecule has 1 aromatic rings. The van der Waals surface area contributed by atoms with Crippen LogP contribution in [0.5, 0.6) is 0 Å². The molecule has 0 spiro atoms. The van der Waals surface area contributed by atoms with Crippen LogP contribution in [0.1, 0.15) is 17.6 Å². The summed E-state index contributed by atoms with van der Waals surface area (Å²) in [4.78, 5) is 0. The highest BCUT2D eigenvalue weighted by Crippen LogP contribution is 2.26. The molecule has 0 amide bonds. The predicted octanol–water partition coefficient (Wildman–Crippen LogP) is 2.97. The summed E-state index contributed by atoms with van der Waals surface area (Å²) in [6, 6.07) is 2.92. The maximum atomic E-state index is 13.0. The Morgan fingerprint density at radius 1 is 1.29 bits per heavy atom. The zero-order valence-corrected chi connectivity index (χ0v) is 6.90. The van der Waals surface area contributed by atoms with Crippen LogP contribution in [0.25, 0.3) is 0 Å². The molecule has 0 N–H and O–H groups in total. The largest absolute Gasteiger partial charge is 0.264 e. The lowest BCUT2D eigenvalue weighted by Gasteiger charge is -2.07. The van der Waals surface area contributed by atoms with Gasteiger partial charge in [-0.05, 0) is 12.1 Å². The van der Waals surface area contributed by atoms with Gasteiger partial charge in [-0.25, -0.2) is 17.6 Å². The summed E-state index contributed by atoms with van der Waals surface area (Å²) >= 11 is 0. The van der Waals surface area contributed by atoms with Crippen molar-refractivity contribution in [3.8, 4) is 6.07 Å². The van der Waals surface area contributed by atoms with Crippen molar-refractivity contribution in [2.75, 3.05) is 0 Å². The molecular formula is C9H5F4N. The smallest absolute Gasteiger partial charge is 0.205 e. The van der Waals surface area contributed by atoms with E-state index >= 15 is 0 Å². The first kappa shape index (κ1) is 10.5. The lowest BCUT2D eigenvalue weighted by atomic mass is 10.0. The number of rotatable bonds is 2. The van der Waals surface area contributed by atoms with Gasteiger partial charge in [0.1, 0.15) is 0 Å². The second-order valence-electron chi connectivity index (χ2n) is 2.56. The highest BCUT2D eigenvalue weighted by Gasteiger charge is 2.18. The van der Waals surface area contributed by atoms with Crippen LogP contribution in [-0.4, -0.2) is 0 Å². The Bertz CT molecular complexity index is 381. The van der Waals surface area contributed by atoms with Crippen LogP contribution < -0.4 is 0 Å². The molecule has 0 aliphatic rings. The van der Waals surface area contributed by atoms with Crippen molar-refractivity contribution in [3.63, 3.8) is 0 Å². The molecule has 14 heavy (non-hydrogen) atoms. The van der Waals surface area contributed by atoms with E-state index in [0.29, 0.717) is 6.07 Å². The van der Waals surface area contributed by atoms with Crippen molar-refractivity contribution in [2.45, 2.75) is 12.8 Å². The molecule has 1 rings (SSSR count). The summed E-state index contributed by atoms with van der Waals surface area (Å²) in [5, 5.41) is 8.26. The fraction of sp³-hybridized carbons (Fsp3) is 0.222. The van der Waals surface area contributed by atoms with Gasteiger partial charge < -0.3 is 0 Å². The van der Waals surface area contributed by atoms with Gasteiger partial charge in [-0.3, -0.25) is 0 Å². The molecule has 0 unspecified atom stereocenters. The van der Waals surface area contributed by atoms with Crippen LogP contribution in [0.2, 0.25) is 0 Å². The van der Waals surface area contributed by atoms with Gasteiger partial charge in [0, 0.05) is 11.1 Å². The Morgan fingerprint density at radius 2 is 1.93 bits per heavy atom. The minimum atomic E-state index is -2.91. The molecule has 0 saturated heterocycles. The maximum Gasteiger partial charge on any atom is 0.264 e. The SMILES string of the molecule is N#CCc1c(C(F)F)ccc(F)c1F. The minimum absolute atomic E-state index is 0.566. The summed E-state index contributed by atoms with van der Waals surface area (Å²) in [7, 11) is 0. The van der Waals surface area contributed by atoms with Crippen molar-refractivity contribution in [3.05, 3.63) is 34.9 Å². The van der Waals surface area contributed by atoms with E-state index in [4.69, 9.17) is 5.26 Å². The van der Waals surface area contributed by atoms with Gasteiger partial charge in [0.15, 0.2) is 11.6 Å². The monoisotopic (exact) mass is 203 g/mol. The maximum absolute atomic E-state index is 13.0. The van der Waals surface area contributed by atoms with Crippen LogP contribution in [-0.2, 0) is 6.42 Å². The average Bonchev–Trinajstić information content (AvgIpc) is 2.13. The molecule has 5 heteroatoms. The number of hydrogen-bond donors (Lipinski definition) is 0. The molecule has 1 aromatic carbocycles. The van der Waals surface area contributed by atoms with Crippen molar-refractivity contribution in [1.82, 2.24) is 0 Å². The second-order valence-corrected chi connectivity index (χ2v) is 2.56. The zero-order valence-electron chi connectivity index (χ0n) is 6.90. The van der Waals surface area contributed by atoms with E-state index in [-0.39, 0.29) is 0 Å². The fourth-order valence-electron chi connectivity index (χ4n) is 1.07. The average molecular weight is 203 g/mol. The van der Waals surface area contributed by atoms with E-state index in [1.165, 1.54) is 6.07 Å². The van der Waals surface area contributed by atoms with Gasteiger partial charge in [0.25, 0.3) is 6.43 Å². The van der Waals surface area contributed by atoms with Crippen LogP contribution in [0.4, 0.5) is 17.6 Å². The molecule has 0 bridgehead atoms. The number of nitrogens with zero attached hydrogens (tertiary/aromatic N) is 1. The number of halogens is 4. The zero-order chi connectivity index (χ0) is 10.7. The third kappa shape index (κ3) is 1.84. The number of hydrogen-bond acceptors (Lipinski definition) is 1. The summed E-state index contributed by atoms with van der Waals surface area (Å²) in [5.41, 5.74) is -1.20. The lowest BCUT2D eigenvalue weighted by molar-refractivity contribution is 0.149. The van der Waals surface area contributed by atoms with Crippen molar-refractivity contribution < 1.29 is 17.6 Å². The number of benzene rings is 1. The van der Waals surface area contributed by atoms with E-state index in [0.717, 1.165) is 6.07 Å². The Labute approximate surface area is 77.6 Å². The first-order chi connectivity index (χ1) is 6.57. The van der Waals surface area contributed by atoms with Gasteiger partial charge in [0.05, 0.1) is 12.5 Å². The van der Waals surface area contributed by atoms with Crippen LogP contribution >= 0.6 is 0 Å². The molecule has 0 aromatic heterocycles. The molecule has 0 atom stereocenters. The van der Waals surface area contributed by atoms with Gasteiger partial charge in [0.2, 0.25) is 0 Å². The number of alkyl halides is 2. The molecule has 74 valence electrons. The van der Waals surface area contributed by atoms with Crippen molar-refractivity contribution >= 4 is 0 Å². The Kier molecular flexibility index (Phi) is 3.07. The highest BCUT2D eigenvalue weighted by atomic mass is 19.3. The summed E-state index contributed by atoms with van der Waals surface area (Å²) in [5.74, 6) is -2.59. The summed E-state index contributed by atoms with van der Waals surface area (Å²) in [6.45, 7) is 0. The molecule has 0 aliphatic carbocycles. The Hall–Kier alpha value is -1.57. The normalized spacial score (nSPS) is 10.3. The van der Waals surface area contributed by atoms with Gasteiger partial charge in [-0.2, -0.15) is 5.26 Å². The summed E-state index contributed by atoms with van der Waals surface area (Å²) in [6.07, 6.45) is -3.48. The topological polar surface area (TPSA) is 23.8 Å². The van der Waals surface area contributed by atoms with E-state index in [1.54, 1.807) is 0 Å². The van der Waals surface area contributed by atoms with Crippen molar-refractivity contribution in [2.24, 2.45) is 0 Å². The molecule has 0 aliphatic heterocycles. The second kappa shape index (κ2) is 4.09. The first-order valence-corrected chi connectivity index (χ1v) is 3.69. The van der Waals surface area contributed by atoms with Gasteiger partial charge in [-0.15, -0.1) is 0 Å². The quantitative estimate of drug-likeness (QED) is 0.678. The molecule has 0 saturated carbocycles. The Morgan fingerprint density at radius 3 is 2.43 bits per heavy atom. The fourth-order valence-corrected chi connectivity index (χ4v) is 1.07. The molecule has 0 radical (unpaired) electrons. The molecular weight excluding hydrogens is 198 g/mol.